The Morgan fingerprint density at radius 2 is 2.22 bits per heavy atom. The quantitative estimate of drug-likeness (QED) is 0.780. The molecule has 1 aliphatic rings. The molecule has 3 heteroatoms. The Balaban J connectivity index is 2.09. The Labute approximate surface area is 108 Å². The SMILES string of the molecule is CC1CCCN(c2ccnc3c(N)cccc23)C1. The van der Waals surface area contributed by atoms with Crippen LogP contribution in [0.25, 0.3) is 10.9 Å². The number of nitrogens with zero attached hydrogens (tertiary/aromatic N) is 2. The van der Waals surface area contributed by atoms with Crippen molar-refractivity contribution in [1.29, 1.82) is 0 Å². The van der Waals surface area contributed by atoms with E-state index < -0.39 is 0 Å². The summed E-state index contributed by atoms with van der Waals surface area (Å²) < 4.78 is 0. The second-order valence-corrected chi connectivity index (χ2v) is 5.27. The van der Waals surface area contributed by atoms with Crippen LogP contribution in [0.4, 0.5) is 11.4 Å². The number of aromatic nitrogens is 1. The average Bonchev–Trinajstić information content (AvgIpc) is 2.39. The molecule has 0 spiro atoms. The maximum absolute atomic E-state index is 6.00. The van der Waals surface area contributed by atoms with Crippen molar-refractivity contribution in [2.75, 3.05) is 23.7 Å². The molecule has 1 atom stereocenters. The predicted octanol–water partition coefficient (Wildman–Crippen LogP) is 3.05. The first kappa shape index (κ1) is 11.3. The van der Waals surface area contributed by atoms with Crippen molar-refractivity contribution in [1.82, 2.24) is 4.98 Å². The fourth-order valence-corrected chi connectivity index (χ4v) is 2.87. The van der Waals surface area contributed by atoms with Crippen LogP contribution in [-0.2, 0) is 0 Å². The van der Waals surface area contributed by atoms with Gasteiger partial charge in [-0.05, 0) is 30.9 Å². The Kier molecular flexibility index (Phi) is 2.82. The van der Waals surface area contributed by atoms with Crippen molar-refractivity contribution in [2.24, 2.45) is 5.92 Å². The van der Waals surface area contributed by atoms with Gasteiger partial charge in [0.15, 0.2) is 0 Å². The van der Waals surface area contributed by atoms with Gasteiger partial charge in [0.25, 0.3) is 0 Å². The van der Waals surface area contributed by atoms with Crippen LogP contribution in [0.5, 0.6) is 0 Å². The number of pyridine rings is 1. The monoisotopic (exact) mass is 241 g/mol. The summed E-state index contributed by atoms with van der Waals surface area (Å²) in [7, 11) is 0. The number of anilines is 2. The molecular weight excluding hydrogens is 222 g/mol. The number of benzene rings is 1. The highest BCUT2D eigenvalue weighted by Gasteiger charge is 2.18. The zero-order valence-electron chi connectivity index (χ0n) is 10.8. The number of piperidine rings is 1. The molecule has 0 saturated carbocycles. The molecule has 0 aliphatic carbocycles. The van der Waals surface area contributed by atoms with Crippen molar-refractivity contribution in [3.63, 3.8) is 0 Å². The minimum Gasteiger partial charge on any atom is -0.397 e. The van der Waals surface area contributed by atoms with Gasteiger partial charge in [-0.25, -0.2) is 0 Å². The molecule has 94 valence electrons. The largest absolute Gasteiger partial charge is 0.397 e. The molecule has 3 rings (SSSR count). The fraction of sp³-hybridized carbons (Fsp3) is 0.400. The van der Waals surface area contributed by atoms with Crippen molar-refractivity contribution < 1.29 is 0 Å². The first-order chi connectivity index (χ1) is 8.75. The number of rotatable bonds is 1. The number of para-hydroxylation sites is 1. The molecular formula is C15H19N3. The molecule has 3 nitrogen and oxygen atoms in total. The Bertz CT molecular complexity index is 565. The van der Waals surface area contributed by atoms with Crippen molar-refractivity contribution >= 4 is 22.3 Å². The van der Waals surface area contributed by atoms with Crippen LogP contribution in [0.2, 0.25) is 0 Å². The molecule has 1 unspecified atom stereocenters. The summed E-state index contributed by atoms with van der Waals surface area (Å²) in [5.74, 6) is 0.767. The smallest absolute Gasteiger partial charge is 0.0951 e. The van der Waals surface area contributed by atoms with E-state index in [1.165, 1.54) is 23.9 Å². The summed E-state index contributed by atoms with van der Waals surface area (Å²) in [6.45, 7) is 4.59. The minimum atomic E-state index is 0.763. The highest BCUT2D eigenvalue weighted by atomic mass is 15.1. The lowest BCUT2D eigenvalue weighted by atomic mass is 9.99. The molecule has 1 fully saturated rings. The molecule has 2 heterocycles. The Hall–Kier alpha value is -1.77. The van der Waals surface area contributed by atoms with Gasteiger partial charge in [0.2, 0.25) is 0 Å². The van der Waals surface area contributed by atoms with Gasteiger partial charge >= 0.3 is 0 Å². The van der Waals surface area contributed by atoms with E-state index >= 15 is 0 Å². The zero-order valence-corrected chi connectivity index (χ0v) is 10.8. The van der Waals surface area contributed by atoms with E-state index in [4.69, 9.17) is 5.73 Å². The van der Waals surface area contributed by atoms with E-state index in [-0.39, 0.29) is 0 Å². The van der Waals surface area contributed by atoms with E-state index in [9.17, 15) is 0 Å². The summed E-state index contributed by atoms with van der Waals surface area (Å²) in [6.07, 6.45) is 4.47. The van der Waals surface area contributed by atoms with E-state index in [2.05, 4.69) is 28.9 Å². The molecule has 1 saturated heterocycles. The highest BCUT2D eigenvalue weighted by Crippen LogP contribution is 2.31. The van der Waals surface area contributed by atoms with Crippen LogP contribution in [-0.4, -0.2) is 18.1 Å². The molecule has 0 amide bonds. The first-order valence-electron chi connectivity index (χ1n) is 6.64. The van der Waals surface area contributed by atoms with E-state index in [1.54, 1.807) is 0 Å². The third-order valence-electron chi connectivity index (χ3n) is 3.78. The highest BCUT2D eigenvalue weighted by molar-refractivity contribution is 5.98. The summed E-state index contributed by atoms with van der Waals surface area (Å²) in [5, 5.41) is 1.17. The fourth-order valence-electron chi connectivity index (χ4n) is 2.87. The maximum atomic E-state index is 6.00. The molecule has 18 heavy (non-hydrogen) atoms. The number of nitrogens with two attached hydrogens (primary N) is 1. The van der Waals surface area contributed by atoms with Crippen molar-refractivity contribution in [3.8, 4) is 0 Å². The number of hydrogen-bond acceptors (Lipinski definition) is 3. The lowest BCUT2D eigenvalue weighted by molar-refractivity contribution is 0.447. The van der Waals surface area contributed by atoms with Gasteiger partial charge in [0.1, 0.15) is 0 Å². The molecule has 1 aliphatic heterocycles. The van der Waals surface area contributed by atoms with E-state index in [0.717, 1.165) is 30.2 Å². The van der Waals surface area contributed by atoms with E-state index in [1.807, 2.05) is 18.3 Å². The Morgan fingerprint density at radius 3 is 3.06 bits per heavy atom. The normalized spacial score (nSPS) is 20.3. The zero-order chi connectivity index (χ0) is 12.5. The minimum absolute atomic E-state index is 0.763. The summed E-state index contributed by atoms with van der Waals surface area (Å²) in [6, 6.07) is 8.15. The summed E-state index contributed by atoms with van der Waals surface area (Å²) >= 11 is 0. The van der Waals surface area contributed by atoms with Gasteiger partial charge in [-0.2, -0.15) is 0 Å². The average molecular weight is 241 g/mol. The molecule has 0 radical (unpaired) electrons. The molecule has 0 bridgehead atoms. The number of fused-ring (bicyclic) bond motifs is 1. The lowest BCUT2D eigenvalue weighted by Gasteiger charge is -2.33. The second-order valence-electron chi connectivity index (χ2n) is 5.27. The first-order valence-corrected chi connectivity index (χ1v) is 6.64. The van der Waals surface area contributed by atoms with Gasteiger partial charge in [0, 0.05) is 30.4 Å². The van der Waals surface area contributed by atoms with Crippen LogP contribution in [0.15, 0.2) is 30.5 Å². The van der Waals surface area contributed by atoms with Gasteiger partial charge in [-0.3, -0.25) is 4.98 Å². The van der Waals surface area contributed by atoms with Crippen LogP contribution < -0.4 is 10.6 Å². The topological polar surface area (TPSA) is 42.2 Å². The van der Waals surface area contributed by atoms with Gasteiger partial charge in [-0.1, -0.05) is 19.1 Å². The molecule has 1 aromatic carbocycles. The standard InChI is InChI=1S/C15H19N3/c1-11-4-3-9-18(10-11)14-7-8-17-15-12(14)5-2-6-13(15)16/h2,5-8,11H,3-4,9-10,16H2,1H3. The molecule has 2 N–H and O–H groups in total. The van der Waals surface area contributed by atoms with Crippen LogP contribution in [0.3, 0.4) is 0 Å². The van der Waals surface area contributed by atoms with Crippen molar-refractivity contribution in [2.45, 2.75) is 19.8 Å². The van der Waals surface area contributed by atoms with E-state index in [0.29, 0.717) is 0 Å². The van der Waals surface area contributed by atoms with Crippen LogP contribution in [0.1, 0.15) is 19.8 Å². The maximum Gasteiger partial charge on any atom is 0.0951 e. The van der Waals surface area contributed by atoms with Crippen LogP contribution in [0, 0.1) is 5.92 Å². The summed E-state index contributed by atoms with van der Waals surface area (Å²) in [5.41, 5.74) is 8.97. The third-order valence-corrected chi connectivity index (χ3v) is 3.78. The van der Waals surface area contributed by atoms with Gasteiger partial charge in [-0.15, -0.1) is 0 Å². The van der Waals surface area contributed by atoms with Crippen LogP contribution >= 0.6 is 0 Å². The number of hydrogen-bond donors (Lipinski definition) is 1. The summed E-state index contributed by atoms with van der Waals surface area (Å²) in [4.78, 5) is 6.87. The molecule has 2 aromatic rings. The Morgan fingerprint density at radius 1 is 1.33 bits per heavy atom. The number of nitrogen functional groups attached to an aromatic ring is 1. The van der Waals surface area contributed by atoms with Crippen molar-refractivity contribution in [3.05, 3.63) is 30.5 Å². The second kappa shape index (κ2) is 4.48. The molecule has 1 aromatic heterocycles. The van der Waals surface area contributed by atoms with Gasteiger partial charge in [0.05, 0.1) is 11.2 Å². The lowest BCUT2D eigenvalue weighted by Crippen LogP contribution is -2.34. The third kappa shape index (κ3) is 1.90. The van der Waals surface area contributed by atoms with Gasteiger partial charge < -0.3 is 10.6 Å². The predicted molar refractivity (Wildman–Crippen MR) is 76.8 cm³/mol.